The molecule has 1 atom stereocenters. The maximum Gasteiger partial charge on any atom is 0.228 e. The predicted octanol–water partition coefficient (Wildman–Crippen LogP) is 3.25. The molecule has 1 aliphatic rings. The molecule has 2 heterocycles. The molecule has 104 valence electrons. The zero-order valence-electron chi connectivity index (χ0n) is 11.7. The Bertz CT molecular complexity index is 635. The van der Waals surface area contributed by atoms with Gasteiger partial charge < -0.3 is 10.2 Å². The molecule has 1 aliphatic heterocycles. The van der Waals surface area contributed by atoms with Crippen LogP contribution in [0.4, 0.5) is 5.69 Å². The smallest absolute Gasteiger partial charge is 0.228 e. The maximum atomic E-state index is 12.1. The van der Waals surface area contributed by atoms with E-state index >= 15 is 0 Å². The van der Waals surface area contributed by atoms with E-state index in [1.807, 2.05) is 25.2 Å². The van der Waals surface area contributed by atoms with E-state index in [1.54, 1.807) is 16.2 Å². The Hall–Kier alpha value is -1.65. The number of aryl methyl sites for hydroxylation is 1. The summed E-state index contributed by atoms with van der Waals surface area (Å²) in [7, 11) is 1.85. The van der Waals surface area contributed by atoms with Gasteiger partial charge in [0.15, 0.2) is 0 Å². The number of benzene rings is 1. The fourth-order valence-corrected chi connectivity index (χ4v) is 3.48. The van der Waals surface area contributed by atoms with E-state index in [9.17, 15) is 4.79 Å². The summed E-state index contributed by atoms with van der Waals surface area (Å²) in [5, 5.41) is 5.65. The first-order chi connectivity index (χ1) is 9.66. The van der Waals surface area contributed by atoms with Crippen LogP contribution in [-0.4, -0.2) is 13.0 Å². The normalized spacial score (nSPS) is 18.2. The van der Waals surface area contributed by atoms with Gasteiger partial charge in [0.05, 0.1) is 0 Å². The van der Waals surface area contributed by atoms with Gasteiger partial charge in [0.2, 0.25) is 5.91 Å². The summed E-state index contributed by atoms with van der Waals surface area (Å²) >= 11 is 1.76. The van der Waals surface area contributed by atoms with Crippen LogP contribution in [0.3, 0.4) is 0 Å². The first-order valence-electron chi connectivity index (χ1n) is 6.78. The Labute approximate surface area is 123 Å². The molecule has 1 aromatic heterocycles. The highest BCUT2D eigenvalue weighted by Crippen LogP contribution is 2.33. The summed E-state index contributed by atoms with van der Waals surface area (Å²) < 4.78 is 0. The molecule has 2 aromatic rings. The van der Waals surface area contributed by atoms with Crippen molar-refractivity contribution in [3.8, 4) is 0 Å². The molecule has 1 unspecified atom stereocenters. The number of anilines is 1. The minimum absolute atomic E-state index is 0.108. The number of amides is 1. The third kappa shape index (κ3) is 2.37. The summed E-state index contributed by atoms with van der Waals surface area (Å²) in [5.74, 6) is 0.170. The van der Waals surface area contributed by atoms with Gasteiger partial charge in [-0.2, -0.15) is 0 Å². The number of carbonyl (C=O) groups is 1. The second-order valence-corrected chi connectivity index (χ2v) is 6.18. The number of fused-ring (bicyclic) bond motifs is 1. The number of nitrogens with one attached hydrogen (secondary N) is 1. The number of carbonyl (C=O) groups excluding carboxylic acids is 1. The third-order valence-corrected chi connectivity index (χ3v) is 4.93. The monoisotopic (exact) mass is 286 g/mol. The van der Waals surface area contributed by atoms with E-state index in [1.165, 1.54) is 16.0 Å². The van der Waals surface area contributed by atoms with E-state index in [-0.39, 0.29) is 11.9 Å². The van der Waals surface area contributed by atoms with E-state index in [0.29, 0.717) is 6.42 Å². The number of hydrogen-bond donors (Lipinski definition) is 1. The topological polar surface area (TPSA) is 32.3 Å². The SMILES string of the molecule is Cc1ccsc1CNC1CC(=O)N(C)c2ccccc21. The van der Waals surface area contributed by atoms with Gasteiger partial charge in [0, 0.05) is 36.6 Å². The summed E-state index contributed by atoms with van der Waals surface area (Å²) in [5.41, 5.74) is 3.54. The lowest BCUT2D eigenvalue weighted by atomic mass is 9.96. The molecule has 0 spiro atoms. The molecule has 0 aliphatic carbocycles. The molecule has 1 aromatic carbocycles. The molecule has 0 saturated heterocycles. The Balaban J connectivity index is 1.82. The lowest BCUT2D eigenvalue weighted by Crippen LogP contribution is -2.37. The Morgan fingerprint density at radius 1 is 1.35 bits per heavy atom. The zero-order chi connectivity index (χ0) is 14.1. The first kappa shape index (κ1) is 13.3. The minimum Gasteiger partial charge on any atom is -0.315 e. The number of para-hydroxylation sites is 1. The van der Waals surface area contributed by atoms with Crippen molar-refractivity contribution in [1.82, 2.24) is 5.32 Å². The van der Waals surface area contributed by atoms with Gasteiger partial charge in [0.25, 0.3) is 0 Å². The highest BCUT2D eigenvalue weighted by atomic mass is 32.1. The molecule has 20 heavy (non-hydrogen) atoms. The van der Waals surface area contributed by atoms with Crippen LogP contribution in [0.1, 0.15) is 28.5 Å². The number of thiophene rings is 1. The standard InChI is InChI=1S/C16H18N2OS/c1-11-7-8-20-15(11)10-17-13-9-16(19)18(2)14-6-4-3-5-12(13)14/h3-8,13,17H,9-10H2,1-2H3. The van der Waals surface area contributed by atoms with Crippen LogP contribution in [0.25, 0.3) is 0 Å². The average molecular weight is 286 g/mol. The lowest BCUT2D eigenvalue weighted by Gasteiger charge is -2.32. The molecule has 0 saturated carbocycles. The Morgan fingerprint density at radius 3 is 2.90 bits per heavy atom. The highest BCUT2D eigenvalue weighted by Gasteiger charge is 2.28. The number of hydrogen-bond acceptors (Lipinski definition) is 3. The van der Waals surface area contributed by atoms with Gasteiger partial charge in [-0.1, -0.05) is 18.2 Å². The van der Waals surface area contributed by atoms with Gasteiger partial charge in [-0.25, -0.2) is 0 Å². The van der Waals surface area contributed by atoms with Crippen molar-refractivity contribution in [1.29, 1.82) is 0 Å². The van der Waals surface area contributed by atoms with Crippen molar-refractivity contribution < 1.29 is 4.79 Å². The molecular weight excluding hydrogens is 268 g/mol. The lowest BCUT2D eigenvalue weighted by molar-refractivity contribution is -0.119. The van der Waals surface area contributed by atoms with Crippen LogP contribution >= 0.6 is 11.3 Å². The highest BCUT2D eigenvalue weighted by molar-refractivity contribution is 7.10. The van der Waals surface area contributed by atoms with Crippen LogP contribution in [0, 0.1) is 6.92 Å². The van der Waals surface area contributed by atoms with Crippen molar-refractivity contribution in [3.05, 3.63) is 51.7 Å². The molecule has 1 N–H and O–H groups in total. The van der Waals surface area contributed by atoms with Gasteiger partial charge >= 0.3 is 0 Å². The fraction of sp³-hybridized carbons (Fsp3) is 0.312. The molecule has 3 rings (SSSR count). The van der Waals surface area contributed by atoms with Gasteiger partial charge in [-0.05, 0) is 35.6 Å². The Kier molecular flexibility index (Phi) is 3.59. The van der Waals surface area contributed by atoms with Crippen molar-refractivity contribution in [3.63, 3.8) is 0 Å². The van der Waals surface area contributed by atoms with Gasteiger partial charge in [-0.3, -0.25) is 4.79 Å². The van der Waals surface area contributed by atoms with Crippen LogP contribution in [0.15, 0.2) is 35.7 Å². The quantitative estimate of drug-likeness (QED) is 0.939. The zero-order valence-corrected chi connectivity index (χ0v) is 12.5. The van der Waals surface area contributed by atoms with Gasteiger partial charge in [0.1, 0.15) is 0 Å². The van der Waals surface area contributed by atoms with Crippen molar-refractivity contribution in [2.45, 2.75) is 25.9 Å². The van der Waals surface area contributed by atoms with Crippen molar-refractivity contribution in [2.24, 2.45) is 0 Å². The molecule has 3 nitrogen and oxygen atoms in total. The maximum absolute atomic E-state index is 12.1. The molecule has 1 amide bonds. The largest absolute Gasteiger partial charge is 0.315 e. The third-order valence-electron chi connectivity index (χ3n) is 3.90. The molecule has 4 heteroatoms. The average Bonchev–Trinajstić information content (AvgIpc) is 2.87. The van der Waals surface area contributed by atoms with Crippen molar-refractivity contribution in [2.75, 3.05) is 11.9 Å². The predicted molar refractivity (Wildman–Crippen MR) is 83.1 cm³/mol. The minimum atomic E-state index is 0.108. The summed E-state index contributed by atoms with van der Waals surface area (Å²) in [6.45, 7) is 2.95. The number of rotatable bonds is 3. The van der Waals surface area contributed by atoms with E-state index in [4.69, 9.17) is 0 Å². The van der Waals surface area contributed by atoms with Crippen LogP contribution < -0.4 is 10.2 Å². The molecule has 0 fully saturated rings. The molecular formula is C16H18N2OS. The summed E-state index contributed by atoms with van der Waals surface area (Å²) in [6, 6.07) is 10.4. The second kappa shape index (κ2) is 5.38. The summed E-state index contributed by atoms with van der Waals surface area (Å²) in [6.07, 6.45) is 0.526. The van der Waals surface area contributed by atoms with E-state index < -0.39 is 0 Å². The molecule has 0 radical (unpaired) electrons. The Morgan fingerprint density at radius 2 is 2.15 bits per heavy atom. The van der Waals surface area contributed by atoms with Crippen LogP contribution in [0.2, 0.25) is 0 Å². The molecule has 0 bridgehead atoms. The number of nitrogens with zero attached hydrogens (tertiary/aromatic N) is 1. The first-order valence-corrected chi connectivity index (χ1v) is 7.66. The fourth-order valence-electron chi connectivity index (χ4n) is 2.63. The van der Waals surface area contributed by atoms with Crippen molar-refractivity contribution >= 4 is 22.9 Å². The van der Waals surface area contributed by atoms with Gasteiger partial charge in [-0.15, -0.1) is 11.3 Å². The summed E-state index contributed by atoms with van der Waals surface area (Å²) in [4.78, 5) is 15.2. The van der Waals surface area contributed by atoms with E-state index in [2.05, 4.69) is 29.8 Å². The van der Waals surface area contributed by atoms with E-state index in [0.717, 1.165) is 12.2 Å². The second-order valence-electron chi connectivity index (χ2n) is 5.18. The van der Waals surface area contributed by atoms with Crippen LogP contribution in [-0.2, 0) is 11.3 Å². The van der Waals surface area contributed by atoms with Crippen LogP contribution in [0.5, 0.6) is 0 Å².